The highest BCUT2D eigenvalue weighted by Gasteiger charge is 2.18. The zero-order valence-corrected chi connectivity index (χ0v) is 12.0. The molecule has 0 aliphatic carbocycles. The fourth-order valence-electron chi connectivity index (χ4n) is 1.47. The Hall–Kier alpha value is -1.11. The van der Waals surface area contributed by atoms with Gasteiger partial charge in [-0.2, -0.15) is 0 Å². The number of hydrogen-bond donors (Lipinski definition) is 1. The van der Waals surface area contributed by atoms with Crippen molar-refractivity contribution < 1.29 is 23.1 Å². The van der Waals surface area contributed by atoms with Gasteiger partial charge in [0.25, 0.3) is 0 Å². The lowest BCUT2D eigenvalue weighted by atomic mass is 10.2. The standard InChI is InChI=1S/C12H15ClO5S/c1-2-18-6-3-7-19(16,17)9-4-5-11(13)10(8-9)12(14)15/h4-5,8H,2-3,6-7H2,1H3,(H,14,15). The van der Waals surface area contributed by atoms with Crippen molar-refractivity contribution in [2.75, 3.05) is 19.0 Å². The van der Waals surface area contributed by atoms with Crippen molar-refractivity contribution in [1.82, 2.24) is 0 Å². The number of sulfone groups is 1. The molecule has 0 amide bonds. The Kier molecular flexibility index (Phi) is 5.78. The van der Waals surface area contributed by atoms with E-state index in [1.165, 1.54) is 12.1 Å². The molecule has 0 heterocycles. The molecule has 0 spiro atoms. The summed E-state index contributed by atoms with van der Waals surface area (Å²) in [6, 6.07) is 3.67. The molecule has 1 N–H and O–H groups in total. The zero-order valence-electron chi connectivity index (χ0n) is 10.4. The lowest BCUT2D eigenvalue weighted by Gasteiger charge is -2.06. The van der Waals surface area contributed by atoms with Gasteiger partial charge in [-0.05, 0) is 31.5 Å². The monoisotopic (exact) mass is 306 g/mol. The van der Waals surface area contributed by atoms with Crippen LogP contribution in [0, 0.1) is 0 Å². The Labute approximate surface area is 117 Å². The first kappa shape index (κ1) is 15.9. The Bertz CT molecular complexity index is 553. The van der Waals surface area contributed by atoms with Crippen molar-refractivity contribution in [2.45, 2.75) is 18.2 Å². The molecule has 0 unspecified atom stereocenters. The molecule has 0 saturated carbocycles. The van der Waals surface area contributed by atoms with Gasteiger partial charge in [0, 0.05) is 13.2 Å². The molecular formula is C12H15ClO5S. The first-order chi connectivity index (χ1) is 8.88. The van der Waals surface area contributed by atoms with E-state index >= 15 is 0 Å². The summed E-state index contributed by atoms with van der Waals surface area (Å²) < 4.78 is 29.0. The number of carboxylic acids is 1. The lowest BCUT2D eigenvalue weighted by Crippen LogP contribution is -2.10. The summed E-state index contributed by atoms with van der Waals surface area (Å²) >= 11 is 5.69. The largest absolute Gasteiger partial charge is 0.478 e. The topological polar surface area (TPSA) is 80.7 Å². The second-order valence-corrected chi connectivity index (χ2v) is 6.33. The molecule has 0 fully saturated rings. The molecule has 0 aliphatic heterocycles. The van der Waals surface area contributed by atoms with Gasteiger partial charge in [-0.25, -0.2) is 13.2 Å². The third-order valence-electron chi connectivity index (χ3n) is 2.43. The molecule has 1 aromatic carbocycles. The van der Waals surface area contributed by atoms with Crippen molar-refractivity contribution in [2.24, 2.45) is 0 Å². The highest BCUT2D eigenvalue weighted by Crippen LogP contribution is 2.21. The Morgan fingerprint density at radius 2 is 2.11 bits per heavy atom. The number of halogens is 1. The van der Waals surface area contributed by atoms with E-state index in [9.17, 15) is 13.2 Å². The quantitative estimate of drug-likeness (QED) is 0.781. The highest BCUT2D eigenvalue weighted by molar-refractivity contribution is 7.91. The van der Waals surface area contributed by atoms with Crippen LogP contribution in [-0.2, 0) is 14.6 Å². The highest BCUT2D eigenvalue weighted by atomic mass is 35.5. The third kappa shape index (κ3) is 4.49. The van der Waals surface area contributed by atoms with E-state index in [2.05, 4.69) is 0 Å². The number of aromatic carboxylic acids is 1. The summed E-state index contributed by atoms with van der Waals surface area (Å²) in [5.74, 6) is -1.34. The molecule has 1 rings (SSSR count). The fraction of sp³-hybridized carbons (Fsp3) is 0.417. The average Bonchev–Trinajstić information content (AvgIpc) is 2.34. The van der Waals surface area contributed by atoms with Gasteiger partial charge >= 0.3 is 5.97 Å². The number of carbonyl (C=O) groups is 1. The van der Waals surface area contributed by atoms with Crippen LogP contribution in [0.3, 0.4) is 0 Å². The third-order valence-corrected chi connectivity index (χ3v) is 4.56. The van der Waals surface area contributed by atoms with Crippen molar-refractivity contribution in [3.63, 3.8) is 0 Å². The van der Waals surface area contributed by atoms with Gasteiger partial charge in [-0.3, -0.25) is 0 Å². The minimum absolute atomic E-state index is 0.0146. The summed E-state index contributed by atoms with van der Waals surface area (Å²) in [6.07, 6.45) is 0.362. The number of ether oxygens (including phenoxy) is 1. The van der Waals surface area contributed by atoms with Crippen molar-refractivity contribution in [3.8, 4) is 0 Å². The molecule has 106 valence electrons. The molecular weight excluding hydrogens is 292 g/mol. The smallest absolute Gasteiger partial charge is 0.337 e. The van der Waals surface area contributed by atoms with Crippen LogP contribution in [0.5, 0.6) is 0 Å². The Morgan fingerprint density at radius 3 is 2.68 bits per heavy atom. The minimum Gasteiger partial charge on any atom is -0.478 e. The number of benzene rings is 1. The molecule has 0 bridgehead atoms. The van der Waals surface area contributed by atoms with E-state index in [4.69, 9.17) is 21.4 Å². The maximum absolute atomic E-state index is 12.0. The summed E-state index contributed by atoms with van der Waals surface area (Å²) in [6.45, 7) is 2.71. The van der Waals surface area contributed by atoms with Crippen LogP contribution in [0.1, 0.15) is 23.7 Å². The van der Waals surface area contributed by atoms with Crippen LogP contribution in [0.4, 0.5) is 0 Å². The van der Waals surface area contributed by atoms with Crippen LogP contribution in [0.2, 0.25) is 5.02 Å². The SMILES string of the molecule is CCOCCCS(=O)(=O)c1ccc(Cl)c(C(=O)O)c1. The first-order valence-corrected chi connectivity index (χ1v) is 7.75. The van der Waals surface area contributed by atoms with Crippen LogP contribution in [0.15, 0.2) is 23.1 Å². The van der Waals surface area contributed by atoms with E-state index in [-0.39, 0.29) is 21.2 Å². The minimum atomic E-state index is -3.52. The molecule has 0 radical (unpaired) electrons. The number of carboxylic acid groups (broad SMARTS) is 1. The van der Waals surface area contributed by atoms with Crippen LogP contribution >= 0.6 is 11.6 Å². The molecule has 5 nitrogen and oxygen atoms in total. The van der Waals surface area contributed by atoms with E-state index in [0.717, 1.165) is 6.07 Å². The number of hydrogen-bond acceptors (Lipinski definition) is 4. The average molecular weight is 307 g/mol. The Balaban J connectivity index is 2.89. The van der Waals surface area contributed by atoms with Crippen LogP contribution in [0.25, 0.3) is 0 Å². The normalized spacial score (nSPS) is 11.5. The van der Waals surface area contributed by atoms with Crippen molar-refractivity contribution in [3.05, 3.63) is 28.8 Å². The summed E-state index contributed by atoms with van der Waals surface area (Å²) in [7, 11) is -3.52. The lowest BCUT2D eigenvalue weighted by molar-refractivity contribution is 0.0697. The first-order valence-electron chi connectivity index (χ1n) is 5.72. The van der Waals surface area contributed by atoms with Crippen molar-refractivity contribution >= 4 is 27.4 Å². The van der Waals surface area contributed by atoms with E-state index in [0.29, 0.717) is 19.6 Å². The molecule has 7 heteroatoms. The zero-order chi connectivity index (χ0) is 14.5. The molecule has 0 aliphatic rings. The van der Waals surface area contributed by atoms with Gasteiger partial charge in [-0.1, -0.05) is 11.6 Å². The second-order valence-electron chi connectivity index (χ2n) is 3.82. The van der Waals surface area contributed by atoms with E-state index in [1.807, 2.05) is 6.92 Å². The predicted octanol–water partition coefficient (Wildman–Crippen LogP) is 2.24. The van der Waals surface area contributed by atoms with Crippen LogP contribution < -0.4 is 0 Å². The molecule has 19 heavy (non-hydrogen) atoms. The summed E-state index contributed by atoms with van der Waals surface area (Å²) in [5, 5.41) is 8.92. The van der Waals surface area contributed by atoms with Gasteiger partial charge in [-0.15, -0.1) is 0 Å². The molecule has 1 aromatic rings. The van der Waals surface area contributed by atoms with Crippen LogP contribution in [-0.4, -0.2) is 38.5 Å². The van der Waals surface area contributed by atoms with Gasteiger partial charge in [0.05, 0.1) is 21.2 Å². The van der Waals surface area contributed by atoms with E-state index in [1.54, 1.807) is 0 Å². The predicted molar refractivity (Wildman–Crippen MR) is 71.6 cm³/mol. The second kappa shape index (κ2) is 6.88. The van der Waals surface area contributed by atoms with Gasteiger partial charge in [0.2, 0.25) is 0 Å². The van der Waals surface area contributed by atoms with Gasteiger partial charge in [0.15, 0.2) is 9.84 Å². The van der Waals surface area contributed by atoms with Gasteiger partial charge < -0.3 is 9.84 Å². The van der Waals surface area contributed by atoms with Crippen molar-refractivity contribution in [1.29, 1.82) is 0 Å². The maximum Gasteiger partial charge on any atom is 0.337 e. The maximum atomic E-state index is 12.0. The van der Waals surface area contributed by atoms with Gasteiger partial charge in [0.1, 0.15) is 0 Å². The molecule has 0 aromatic heterocycles. The molecule has 0 saturated heterocycles. The Morgan fingerprint density at radius 1 is 1.42 bits per heavy atom. The fourth-order valence-corrected chi connectivity index (χ4v) is 2.98. The number of rotatable bonds is 7. The summed E-state index contributed by atoms with van der Waals surface area (Å²) in [4.78, 5) is 10.9. The molecule has 0 atom stereocenters. The summed E-state index contributed by atoms with van der Waals surface area (Å²) in [5.41, 5.74) is -0.215. The van der Waals surface area contributed by atoms with E-state index < -0.39 is 15.8 Å².